The number of pyridine rings is 1. The molecule has 0 saturated heterocycles. The van der Waals surface area contributed by atoms with Gasteiger partial charge in [-0.05, 0) is 25.0 Å². The SMILES string of the molecule is OCCC[C@H]1CNc2ccc(Cl)nc2N1. The number of nitrogens with one attached hydrogen (secondary N) is 2. The fraction of sp³-hybridized carbons (Fsp3) is 0.500. The predicted molar refractivity (Wildman–Crippen MR) is 61.5 cm³/mol. The van der Waals surface area contributed by atoms with Crippen LogP contribution in [0.5, 0.6) is 0 Å². The maximum absolute atomic E-state index is 8.75. The van der Waals surface area contributed by atoms with Crippen molar-refractivity contribution in [2.45, 2.75) is 18.9 Å². The number of hydrogen-bond acceptors (Lipinski definition) is 4. The number of nitrogens with zero attached hydrogens (tertiary/aromatic N) is 1. The van der Waals surface area contributed by atoms with Crippen LogP contribution in [0.3, 0.4) is 0 Å². The van der Waals surface area contributed by atoms with Gasteiger partial charge in [0.25, 0.3) is 0 Å². The Hall–Kier alpha value is -1.00. The first-order chi connectivity index (χ1) is 7.29. The smallest absolute Gasteiger partial charge is 0.151 e. The van der Waals surface area contributed by atoms with Crippen LogP contribution >= 0.6 is 11.6 Å². The molecule has 2 heterocycles. The summed E-state index contributed by atoms with van der Waals surface area (Å²) in [6.07, 6.45) is 1.73. The Morgan fingerprint density at radius 3 is 3.20 bits per heavy atom. The number of aliphatic hydroxyl groups excluding tert-OH is 1. The van der Waals surface area contributed by atoms with Gasteiger partial charge in [0.15, 0.2) is 5.82 Å². The number of anilines is 2. The van der Waals surface area contributed by atoms with Gasteiger partial charge in [-0.1, -0.05) is 11.6 Å². The van der Waals surface area contributed by atoms with E-state index >= 15 is 0 Å². The molecule has 0 aromatic carbocycles. The zero-order valence-electron chi connectivity index (χ0n) is 8.33. The van der Waals surface area contributed by atoms with Crippen molar-refractivity contribution in [3.05, 3.63) is 17.3 Å². The van der Waals surface area contributed by atoms with Gasteiger partial charge in [0.2, 0.25) is 0 Å². The minimum atomic E-state index is 0.230. The van der Waals surface area contributed by atoms with Crippen molar-refractivity contribution in [2.75, 3.05) is 23.8 Å². The third kappa shape index (κ3) is 2.52. The van der Waals surface area contributed by atoms with Crippen LogP contribution in [0.1, 0.15) is 12.8 Å². The van der Waals surface area contributed by atoms with Crippen LogP contribution in [0.2, 0.25) is 5.15 Å². The van der Waals surface area contributed by atoms with Crippen molar-refractivity contribution in [3.63, 3.8) is 0 Å². The van der Waals surface area contributed by atoms with Crippen LogP contribution in [0.25, 0.3) is 0 Å². The van der Waals surface area contributed by atoms with E-state index in [9.17, 15) is 0 Å². The maximum atomic E-state index is 8.75. The lowest BCUT2D eigenvalue weighted by molar-refractivity contribution is 0.281. The molecule has 0 spiro atoms. The molecule has 0 amide bonds. The lowest BCUT2D eigenvalue weighted by Crippen LogP contribution is -2.33. The van der Waals surface area contributed by atoms with E-state index in [1.54, 1.807) is 6.07 Å². The molecule has 1 aromatic heterocycles. The third-order valence-electron chi connectivity index (χ3n) is 2.45. The minimum Gasteiger partial charge on any atom is -0.396 e. The average Bonchev–Trinajstić information content (AvgIpc) is 2.25. The Balaban J connectivity index is 2.05. The van der Waals surface area contributed by atoms with E-state index in [0.29, 0.717) is 11.2 Å². The molecular weight excluding hydrogens is 214 g/mol. The summed E-state index contributed by atoms with van der Waals surface area (Å²) in [4.78, 5) is 4.20. The summed E-state index contributed by atoms with van der Waals surface area (Å²) in [7, 11) is 0. The number of fused-ring (bicyclic) bond motifs is 1. The molecule has 1 aromatic rings. The van der Waals surface area contributed by atoms with Crippen molar-refractivity contribution >= 4 is 23.1 Å². The monoisotopic (exact) mass is 227 g/mol. The van der Waals surface area contributed by atoms with Gasteiger partial charge in [0, 0.05) is 19.2 Å². The molecule has 15 heavy (non-hydrogen) atoms. The van der Waals surface area contributed by atoms with Crippen LogP contribution in [0.15, 0.2) is 12.1 Å². The zero-order chi connectivity index (χ0) is 10.7. The Kier molecular flexibility index (Phi) is 3.28. The van der Waals surface area contributed by atoms with Gasteiger partial charge >= 0.3 is 0 Å². The summed E-state index contributed by atoms with van der Waals surface area (Å²) in [5, 5.41) is 15.8. The first-order valence-corrected chi connectivity index (χ1v) is 5.45. The number of halogens is 1. The van der Waals surface area contributed by atoms with Crippen molar-refractivity contribution in [2.24, 2.45) is 0 Å². The van der Waals surface area contributed by atoms with Crippen LogP contribution in [0, 0.1) is 0 Å². The molecule has 0 radical (unpaired) electrons. The lowest BCUT2D eigenvalue weighted by atomic mass is 10.1. The molecule has 0 saturated carbocycles. The molecule has 0 unspecified atom stereocenters. The lowest BCUT2D eigenvalue weighted by Gasteiger charge is -2.27. The van der Waals surface area contributed by atoms with Gasteiger partial charge in [0.1, 0.15) is 5.15 Å². The van der Waals surface area contributed by atoms with Crippen molar-refractivity contribution in [3.8, 4) is 0 Å². The van der Waals surface area contributed by atoms with Crippen molar-refractivity contribution in [1.82, 2.24) is 4.98 Å². The Bertz CT molecular complexity index is 345. The van der Waals surface area contributed by atoms with E-state index in [0.717, 1.165) is 30.9 Å². The quantitative estimate of drug-likeness (QED) is 0.689. The molecular formula is C10H14ClN3O. The maximum Gasteiger partial charge on any atom is 0.151 e. The van der Waals surface area contributed by atoms with Crippen molar-refractivity contribution < 1.29 is 5.11 Å². The molecule has 5 heteroatoms. The van der Waals surface area contributed by atoms with E-state index in [2.05, 4.69) is 15.6 Å². The molecule has 4 nitrogen and oxygen atoms in total. The normalized spacial score (nSPS) is 18.9. The van der Waals surface area contributed by atoms with Crippen LogP contribution < -0.4 is 10.6 Å². The summed E-state index contributed by atoms with van der Waals surface area (Å²) in [5.74, 6) is 0.802. The zero-order valence-corrected chi connectivity index (χ0v) is 9.09. The number of hydrogen-bond donors (Lipinski definition) is 3. The Labute approximate surface area is 93.7 Å². The summed E-state index contributed by atoms with van der Waals surface area (Å²) < 4.78 is 0. The van der Waals surface area contributed by atoms with Crippen molar-refractivity contribution in [1.29, 1.82) is 0 Å². The third-order valence-corrected chi connectivity index (χ3v) is 2.66. The Morgan fingerprint density at radius 2 is 2.40 bits per heavy atom. The number of rotatable bonds is 3. The number of aliphatic hydroxyl groups is 1. The van der Waals surface area contributed by atoms with Gasteiger partial charge in [-0.25, -0.2) is 4.98 Å². The second kappa shape index (κ2) is 4.68. The van der Waals surface area contributed by atoms with Gasteiger partial charge in [0.05, 0.1) is 5.69 Å². The molecule has 1 atom stereocenters. The van der Waals surface area contributed by atoms with Gasteiger partial charge in [-0.2, -0.15) is 0 Å². The summed E-state index contributed by atoms with van der Waals surface area (Å²) >= 11 is 5.81. The highest BCUT2D eigenvalue weighted by molar-refractivity contribution is 6.29. The van der Waals surface area contributed by atoms with Gasteiger partial charge in [-0.15, -0.1) is 0 Å². The average molecular weight is 228 g/mol. The first kappa shape index (κ1) is 10.5. The molecule has 82 valence electrons. The largest absolute Gasteiger partial charge is 0.396 e. The molecule has 3 N–H and O–H groups in total. The predicted octanol–water partition coefficient (Wildman–Crippen LogP) is 1.71. The summed E-state index contributed by atoms with van der Waals surface area (Å²) in [6.45, 7) is 1.09. The highest BCUT2D eigenvalue weighted by Gasteiger charge is 2.17. The van der Waals surface area contributed by atoms with E-state index in [1.807, 2.05) is 6.07 Å². The molecule has 2 rings (SSSR count). The summed E-state index contributed by atoms with van der Waals surface area (Å²) in [5.41, 5.74) is 0.986. The van der Waals surface area contributed by atoms with Gasteiger partial charge in [-0.3, -0.25) is 0 Å². The van der Waals surface area contributed by atoms with Crippen LogP contribution in [-0.2, 0) is 0 Å². The molecule has 1 aliphatic heterocycles. The van der Waals surface area contributed by atoms with Gasteiger partial charge < -0.3 is 15.7 Å². The molecule has 0 fully saturated rings. The van der Waals surface area contributed by atoms with E-state index in [-0.39, 0.29) is 6.61 Å². The molecule has 0 aliphatic carbocycles. The Morgan fingerprint density at radius 1 is 1.53 bits per heavy atom. The minimum absolute atomic E-state index is 0.230. The van der Waals surface area contributed by atoms with E-state index in [1.165, 1.54) is 0 Å². The molecule has 1 aliphatic rings. The summed E-state index contributed by atoms with van der Waals surface area (Å²) in [6, 6.07) is 4.00. The van der Waals surface area contributed by atoms with Crippen LogP contribution in [0.4, 0.5) is 11.5 Å². The van der Waals surface area contributed by atoms with E-state index in [4.69, 9.17) is 16.7 Å². The fourth-order valence-electron chi connectivity index (χ4n) is 1.68. The topological polar surface area (TPSA) is 57.2 Å². The standard InChI is InChI=1S/C10H14ClN3O/c11-9-4-3-8-10(14-9)13-7(6-12-8)2-1-5-15/h3-4,7,12,15H,1-2,5-6H2,(H,13,14)/t7-/m0/s1. The highest BCUT2D eigenvalue weighted by atomic mass is 35.5. The second-order valence-corrected chi connectivity index (χ2v) is 4.01. The highest BCUT2D eigenvalue weighted by Crippen LogP contribution is 2.26. The molecule has 0 bridgehead atoms. The first-order valence-electron chi connectivity index (χ1n) is 5.07. The van der Waals surface area contributed by atoms with Crippen LogP contribution in [-0.4, -0.2) is 29.3 Å². The number of aromatic nitrogens is 1. The fourth-order valence-corrected chi connectivity index (χ4v) is 1.82. The van der Waals surface area contributed by atoms with E-state index < -0.39 is 0 Å². The second-order valence-electron chi connectivity index (χ2n) is 3.62.